The van der Waals surface area contributed by atoms with Crippen LogP contribution in [0.3, 0.4) is 0 Å². The van der Waals surface area contributed by atoms with E-state index in [1.54, 1.807) is 0 Å². The molecule has 0 aliphatic heterocycles. The third-order valence-corrected chi connectivity index (χ3v) is 0. The Morgan fingerprint density at radius 3 is 0.900 bits per heavy atom. The van der Waals surface area contributed by atoms with Crippen LogP contribution in [0.4, 0.5) is 0 Å². The molecule has 0 saturated carbocycles. The zero-order chi connectivity index (χ0) is 5.41. The molecule has 0 bridgehead atoms. The van der Waals surface area contributed by atoms with Crippen molar-refractivity contribution in [3.8, 4) is 0 Å². The normalized spacial score (nSPS) is 2.40. The largest absolute Gasteiger partial charge is 2.00 e. The molecular weight excluding hydrogens is 338 g/mol. The molecule has 0 spiro atoms. The Bertz CT molecular complexity index is 38.2. The molecule has 4 N–H and O–H groups in total. The molecular formula is H4N4NaO4Pt-. The molecule has 8 nitrogen and oxygen atoms in total. The second-order valence-electron chi connectivity index (χ2n) is 0.149. The van der Waals surface area contributed by atoms with E-state index in [-0.39, 0.29) is 62.9 Å². The van der Waals surface area contributed by atoms with E-state index in [0.29, 0.717) is 0 Å². The summed E-state index contributed by atoms with van der Waals surface area (Å²) < 4.78 is 0. The molecule has 0 amide bonds. The Labute approximate surface area is 93.3 Å². The predicted molar refractivity (Wildman–Crippen MR) is 28.9 cm³/mol. The second kappa shape index (κ2) is 115. The van der Waals surface area contributed by atoms with Gasteiger partial charge in [-0.1, -0.05) is 0 Å². The Hall–Kier alpha value is 0.408. The predicted octanol–water partition coefficient (Wildman–Crippen LogP) is -1.06. The van der Waals surface area contributed by atoms with Crippen molar-refractivity contribution in [3.63, 3.8) is 0 Å². The average Bonchev–Trinajstić information content (AvgIpc) is 1.39. The first kappa shape index (κ1) is 47.4. The Balaban J connectivity index is -0.00000000571. The van der Waals surface area contributed by atoms with Gasteiger partial charge in [-0.15, -0.1) is 10.7 Å². The van der Waals surface area contributed by atoms with Crippen molar-refractivity contribution < 1.29 is 50.6 Å². The minimum Gasteiger partial charge on any atom is -0.693 e. The summed E-state index contributed by atoms with van der Waals surface area (Å²) in [7, 11) is 0. The van der Waals surface area contributed by atoms with Crippen molar-refractivity contribution in [1.82, 2.24) is 0 Å². The maximum Gasteiger partial charge on any atom is 2.00 e. The van der Waals surface area contributed by atoms with E-state index in [1.807, 2.05) is 0 Å². The molecule has 60 valence electrons. The topological polar surface area (TPSA) is 172 Å². The summed E-state index contributed by atoms with van der Waals surface area (Å²) in [5.74, 6) is 0. The standard InChI is InChI=1S/2HNO2.2H2N.Na.Pt/c2*2-1-3;;;;/h2*(H,2,3);2*1H2;;/q;;2*-1;+1;+2/p-2. The first-order valence-electron chi connectivity index (χ1n) is 0.730. The van der Waals surface area contributed by atoms with Gasteiger partial charge in [0.1, 0.15) is 0 Å². The van der Waals surface area contributed by atoms with Gasteiger partial charge in [0, 0.05) is 0 Å². The smallest absolute Gasteiger partial charge is 0.693 e. The fraction of sp³-hybridized carbons (Fsp3) is 0. The summed E-state index contributed by atoms with van der Waals surface area (Å²) in [5, 5.41) is 18.0. The zero-order valence-corrected chi connectivity index (χ0v) is 9.27. The molecule has 0 saturated heterocycles. The Morgan fingerprint density at radius 1 is 0.900 bits per heavy atom. The minimum absolute atomic E-state index is 0. The van der Waals surface area contributed by atoms with E-state index in [1.165, 1.54) is 0 Å². The van der Waals surface area contributed by atoms with Crippen LogP contribution in [0.5, 0.6) is 0 Å². The van der Waals surface area contributed by atoms with Gasteiger partial charge in [0.2, 0.25) is 0 Å². The Morgan fingerprint density at radius 2 is 0.900 bits per heavy atom. The molecule has 0 aromatic heterocycles. The molecule has 0 aliphatic carbocycles. The average molecular weight is 342 g/mol. The van der Waals surface area contributed by atoms with Crippen molar-refractivity contribution in [2.45, 2.75) is 0 Å². The van der Waals surface area contributed by atoms with Crippen LogP contribution < -0.4 is 29.6 Å². The molecule has 0 rings (SSSR count). The van der Waals surface area contributed by atoms with Crippen molar-refractivity contribution in [1.29, 1.82) is 0 Å². The summed E-state index contributed by atoms with van der Waals surface area (Å²) in [6.45, 7) is 0. The van der Waals surface area contributed by atoms with Crippen molar-refractivity contribution >= 4 is 0 Å². The maximum absolute atomic E-state index is 8.00. The molecule has 10 heteroatoms. The molecule has 0 aromatic carbocycles. The van der Waals surface area contributed by atoms with Gasteiger partial charge in [0.05, 0.1) is 0 Å². The van der Waals surface area contributed by atoms with E-state index in [0.717, 1.165) is 10.7 Å². The van der Waals surface area contributed by atoms with Crippen LogP contribution in [-0.4, -0.2) is 0 Å². The maximum atomic E-state index is 8.00. The van der Waals surface area contributed by atoms with Crippen molar-refractivity contribution in [3.05, 3.63) is 32.5 Å². The number of rotatable bonds is 0. The van der Waals surface area contributed by atoms with E-state index in [4.69, 9.17) is 20.2 Å². The van der Waals surface area contributed by atoms with E-state index in [9.17, 15) is 0 Å². The van der Waals surface area contributed by atoms with E-state index >= 15 is 0 Å². The minimum atomic E-state index is 0. The summed E-state index contributed by atoms with van der Waals surface area (Å²) >= 11 is 0. The fourth-order valence-electron chi connectivity index (χ4n) is 0. The van der Waals surface area contributed by atoms with Crippen molar-refractivity contribution in [2.24, 2.45) is 10.7 Å². The zero-order valence-electron chi connectivity index (χ0n) is 5.00. The SMILES string of the molecule is O=N[O-].O=N[O-].[NH2-].[NH2-].[Na+].[Pt+2]. The number of hydrogen-bond acceptors (Lipinski definition) is 6. The van der Waals surface area contributed by atoms with E-state index < -0.39 is 0 Å². The molecule has 10 heavy (non-hydrogen) atoms. The van der Waals surface area contributed by atoms with Crippen molar-refractivity contribution in [2.75, 3.05) is 0 Å². The third kappa shape index (κ3) is 2770. The van der Waals surface area contributed by atoms with Crippen LogP contribution in [0.1, 0.15) is 0 Å². The summed E-state index contributed by atoms with van der Waals surface area (Å²) in [6, 6.07) is 0. The number of nitrogens with zero attached hydrogens (tertiary/aromatic N) is 2. The second-order valence-corrected chi connectivity index (χ2v) is 0.149. The summed E-state index contributed by atoms with van der Waals surface area (Å²) in [5.41, 5.74) is 0. The van der Waals surface area contributed by atoms with Gasteiger partial charge in [0.25, 0.3) is 0 Å². The molecule has 0 unspecified atom stereocenters. The summed E-state index contributed by atoms with van der Waals surface area (Å²) in [4.78, 5) is 16.0. The fourth-order valence-corrected chi connectivity index (χ4v) is 0. The van der Waals surface area contributed by atoms with Gasteiger partial charge < -0.3 is 32.5 Å². The monoisotopic (exact) mass is 342 g/mol. The van der Waals surface area contributed by atoms with Crippen LogP contribution >= 0.6 is 0 Å². The van der Waals surface area contributed by atoms with Gasteiger partial charge in [-0.3, -0.25) is 0 Å². The molecule has 0 fully saturated rings. The first-order chi connectivity index (χ1) is 2.83. The van der Waals surface area contributed by atoms with Gasteiger partial charge in [-0.05, 0) is 0 Å². The van der Waals surface area contributed by atoms with Crippen LogP contribution in [0.25, 0.3) is 12.3 Å². The molecule has 0 heterocycles. The first-order valence-corrected chi connectivity index (χ1v) is 0.730. The quantitative estimate of drug-likeness (QED) is 0.310. The van der Waals surface area contributed by atoms with E-state index in [2.05, 4.69) is 0 Å². The summed E-state index contributed by atoms with van der Waals surface area (Å²) in [6.07, 6.45) is 0. The Kier molecular flexibility index (Phi) is 544. The van der Waals surface area contributed by atoms with Crippen LogP contribution in [0.2, 0.25) is 0 Å². The molecule has 0 radical (unpaired) electrons. The van der Waals surface area contributed by atoms with Crippen LogP contribution in [0, 0.1) is 20.2 Å². The number of nitrogens with two attached hydrogens (primary N) is 2. The van der Waals surface area contributed by atoms with Gasteiger partial charge in [0.15, 0.2) is 0 Å². The van der Waals surface area contributed by atoms with Gasteiger partial charge >= 0.3 is 50.6 Å². The number of hydrogen-bond donors (Lipinski definition) is 0. The molecule has 0 aromatic rings. The molecule has 0 atom stereocenters. The third-order valence-electron chi connectivity index (χ3n) is 0. The van der Waals surface area contributed by atoms with Crippen LogP contribution in [-0.2, 0) is 21.1 Å². The van der Waals surface area contributed by atoms with Crippen LogP contribution in [0.15, 0.2) is 10.7 Å². The molecule has 0 aliphatic rings. The van der Waals surface area contributed by atoms with Gasteiger partial charge in [-0.2, -0.15) is 0 Å². The van der Waals surface area contributed by atoms with Gasteiger partial charge in [-0.25, -0.2) is 0 Å².